The number of hydrogen-bond donors (Lipinski definition) is 2. The molecule has 1 unspecified atom stereocenters. The van der Waals surface area contributed by atoms with E-state index in [0.29, 0.717) is 5.92 Å². The van der Waals surface area contributed by atoms with Crippen LogP contribution in [0, 0.1) is 0 Å². The van der Waals surface area contributed by atoms with Crippen LogP contribution in [0.5, 0.6) is 11.5 Å². The number of methoxy groups -OCH3 is 2. The number of hydrogen-bond acceptors (Lipinski definition) is 5. The summed E-state index contributed by atoms with van der Waals surface area (Å²) >= 11 is 0. The molecule has 1 aromatic rings. The fourth-order valence-corrected chi connectivity index (χ4v) is 4.34. The van der Waals surface area contributed by atoms with Crippen LogP contribution in [0.1, 0.15) is 44.1 Å². The predicted molar refractivity (Wildman–Crippen MR) is 121 cm³/mol. The minimum Gasteiger partial charge on any atom is -0.497 e. The van der Waals surface area contributed by atoms with E-state index >= 15 is 0 Å². The van der Waals surface area contributed by atoms with Crippen LogP contribution < -0.4 is 14.8 Å². The number of nitrogens with one attached hydrogen (secondary N) is 1. The normalized spacial score (nSPS) is 21.1. The van der Waals surface area contributed by atoms with Crippen molar-refractivity contribution in [3.63, 3.8) is 0 Å². The van der Waals surface area contributed by atoms with Crippen molar-refractivity contribution in [3.05, 3.63) is 23.8 Å². The zero-order valence-electron chi connectivity index (χ0n) is 18.8. The molecule has 7 nitrogen and oxygen atoms in total. The fraction of sp³-hybridized carbons (Fsp3) is 0.696. The number of guanidine groups is 1. The number of aliphatic hydroxyl groups excluding tert-OH is 1. The first-order valence-corrected chi connectivity index (χ1v) is 11.3. The lowest BCUT2D eigenvalue weighted by Gasteiger charge is -2.29. The molecule has 1 aromatic carbocycles. The molecule has 2 saturated heterocycles. The van der Waals surface area contributed by atoms with Crippen LogP contribution >= 0.6 is 0 Å². The molecule has 1 atom stereocenters. The van der Waals surface area contributed by atoms with E-state index in [4.69, 9.17) is 14.5 Å². The third-order valence-corrected chi connectivity index (χ3v) is 6.12. The summed E-state index contributed by atoms with van der Waals surface area (Å²) in [7, 11) is 3.39. The van der Waals surface area contributed by atoms with Crippen LogP contribution in [0.4, 0.5) is 0 Å². The summed E-state index contributed by atoms with van der Waals surface area (Å²) in [5.41, 5.74) is 1.26. The van der Waals surface area contributed by atoms with Gasteiger partial charge in [-0.15, -0.1) is 0 Å². The second-order valence-corrected chi connectivity index (χ2v) is 8.24. The van der Waals surface area contributed by atoms with E-state index < -0.39 is 0 Å². The van der Waals surface area contributed by atoms with Gasteiger partial charge in [-0.2, -0.15) is 0 Å². The second kappa shape index (κ2) is 11.4. The molecule has 2 heterocycles. The molecule has 2 N–H and O–H groups in total. The first-order valence-electron chi connectivity index (χ1n) is 11.3. The maximum absolute atomic E-state index is 9.64. The molecule has 0 bridgehead atoms. The van der Waals surface area contributed by atoms with Gasteiger partial charge in [-0.3, -0.25) is 4.99 Å². The molecule has 2 fully saturated rings. The number of likely N-dealkylation sites (tertiary alicyclic amines) is 2. The standard InChI is InChI=1S/C23H38N4O3/c1-4-24-23(25-9-5-10-26-11-7-20(28)8-12-26)27-13-6-18(17-27)19-14-21(29-2)16-22(15-19)30-3/h14-16,18,20,28H,4-13,17H2,1-3H3,(H,24,25). The minimum absolute atomic E-state index is 0.104. The first kappa shape index (κ1) is 22.7. The maximum atomic E-state index is 9.64. The van der Waals surface area contributed by atoms with Gasteiger partial charge in [0.1, 0.15) is 11.5 Å². The highest BCUT2D eigenvalue weighted by Crippen LogP contribution is 2.32. The van der Waals surface area contributed by atoms with Crippen molar-refractivity contribution in [1.82, 2.24) is 15.1 Å². The van der Waals surface area contributed by atoms with Gasteiger partial charge in [0.2, 0.25) is 0 Å². The molecular weight excluding hydrogens is 380 g/mol. The molecule has 0 amide bonds. The average molecular weight is 419 g/mol. The van der Waals surface area contributed by atoms with E-state index in [-0.39, 0.29) is 6.10 Å². The van der Waals surface area contributed by atoms with Gasteiger partial charge in [-0.25, -0.2) is 0 Å². The molecule has 7 heteroatoms. The molecule has 2 aliphatic rings. The highest BCUT2D eigenvalue weighted by Gasteiger charge is 2.27. The molecule has 0 spiro atoms. The highest BCUT2D eigenvalue weighted by atomic mass is 16.5. The molecule has 168 valence electrons. The molecule has 0 saturated carbocycles. The Kier molecular flexibility index (Phi) is 8.63. The van der Waals surface area contributed by atoms with E-state index in [1.807, 2.05) is 6.07 Å². The third kappa shape index (κ3) is 6.25. The summed E-state index contributed by atoms with van der Waals surface area (Å²) in [4.78, 5) is 9.71. The Morgan fingerprint density at radius 3 is 2.43 bits per heavy atom. The number of ether oxygens (including phenoxy) is 2. The van der Waals surface area contributed by atoms with Crippen LogP contribution in [0.2, 0.25) is 0 Å². The van der Waals surface area contributed by atoms with Crippen molar-refractivity contribution in [1.29, 1.82) is 0 Å². The van der Waals surface area contributed by atoms with Crippen LogP contribution in [0.3, 0.4) is 0 Å². The quantitative estimate of drug-likeness (QED) is 0.384. The number of piperidine rings is 1. The zero-order valence-corrected chi connectivity index (χ0v) is 18.8. The van der Waals surface area contributed by atoms with Gasteiger partial charge in [0.15, 0.2) is 5.96 Å². The van der Waals surface area contributed by atoms with E-state index in [9.17, 15) is 5.11 Å². The number of benzene rings is 1. The molecule has 3 rings (SSSR count). The lowest BCUT2D eigenvalue weighted by molar-refractivity contribution is 0.0824. The average Bonchev–Trinajstić information content (AvgIpc) is 3.27. The van der Waals surface area contributed by atoms with Crippen LogP contribution in [0.25, 0.3) is 0 Å². The van der Waals surface area contributed by atoms with Gasteiger partial charge in [0.05, 0.1) is 20.3 Å². The van der Waals surface area contributed by atoms with Crippen molar-refractivity contribution < 1.29 is 14.6 Å². The SMILES string of the molecule is CCNC(=NCCCN1CCC(O)CC1)N1CCC(c2cc(OC)cc(OC)c2)C1. The van der Waals surface area contributed by atoms with Gasteiger partial charge >= 0.3 is 0 Å². The Balaban J connectivity index is 1.54. The zero-order chi connectivity index (χ0) is 21.3. The number of aliphatic imine (C=N–C) groups is 1. The van der Waals surface area contributed by atoms with Crippen molar-refractivity contribution in [3.8, 4) is 11.5 Å². The number of rotatable bonds is 8. The summed E-state index contributed by atoms with van der Waals surface area (Å²) in [6.07, 6.45) is 3.84. The lowest BCUT2D eigenvalue weighted by Crippen LogP contribution is -2.40. The largest absolute Gasteiger partial charge is 0.497 e. The van der Waals surface area contributed by atoms with Crippen LogP contribution in [-0.2, 0) is 0 Å². The predicted octanol–water partition coefficient (Wildman–Crippen LogP) is 2.31. The molecule has 0 radical (unpaired) electrons. The minimum atomic E-state index is -0.104. The Labute approximate surface area is 181 Å². The Hall–Kier alpha value is -1.99. The molecule has 30 heavy (non-hydrogen) atoms. The summed E-state index contributed by atoms with van der Waals surface area (Å²) in [5, 5.41) is 13.1. The van der Waals surface area contributed by atoms with E-state index in [0.717, 1.165) is 89.0 Å². The Morgan fingerprint density at radius 1 is 1.10 bits per heavy atom. The topological polar surface area (TPSA) is 69.6 Å². The molecular formula is C23H38N4O3. The second-order valence-electron chi connectivity index (χ2n) is 8.24. The molecule has 0 aliphatic carbocycles. The van der Waals surface area contributed by atoms with E-state index in [1.54, 1.807) is 14.2 Å². The summed E-state index contributed by atoms with van der Waals surface area (Å²) in [6, 6.07) is 6.16. The number of aliphatic hydroxyl groups is 1. The van der Waals surface area contributed by atoms with Gasteiger partial charge in [0, 0.05) is 51.3 Å². The third-order valence-electron chi connectivity index (χ3n) is 6.12. The smallest absolute Gasteiger partial charge is 0.193 e. The van der Waals surface area contributed by atoms with E-state index in [2.05, 4.69) is 34.2 Å². The maximum Gasteiger partial charge on any atom is 0.193 e. The van der Waals surface area contributed by atoms with Crippen LogP contribution in [-0.4, -0.2) is 87.0 Å². The van der Waals surface area contributed by atoms with Gasteiger partial charge < -0.3 is 29.7 Å². The van der Waals surface area contributed by atoms with Crippen molar-refractivity contribution in [2.45, 2.75) is 44.6 Å². The monoisotopic (exact) mass is 418 g/mol. The highest BCUT2D eigenvalue weighted by molar-refractivity contribution is 5.80. The molecule has 0 aromatic heterocycles. The Bertz CT molecular complexity index is 667. The summed E-state index contributed by atoms with van der Waals surface area (Å²) in [6.45, 7) is 8.83. The molecule has 2 aliphatic heterocycles. The summed E-state index contributed by atoms with van der Waals surface area (Å²) < 4.78 is 10.9. The van der Waals surface area contributed by atoms with E-state index in [1.165, 1.54) is 5.56 Å². The summed E-state index contributed by atoms with van der Waals surface area (Å²) in [5.74, 6) is 3.14. The van der Waals surface area contributed by atoms with Crippen molar-refractivity contribution in [2.24, 2.45) is 4.99 Å². The van der Waals surface area contributed by atoms with Gasteiger partial charge in [0.25, 0.3) is 0 Å². The van der Waals surface area contributed by atoms with Crippen molar-refractivity contribution >= 4 is 5.96 Å². The lowest BCUT2D eigenvalue weighted by atomic mass is 9.98. The first-order chi connectivity index (χ1) is 14.6. The van der Waals surface area contributed by atoms with Gasteiger partial charge in [-0.05, 0) is 56.8 Å². The number of nitrogens with zero attached hydrogens (tertiary/aromatic N) is 3. The van der Waals surface area contributed by atoms with Gasteiger partial charge in [-0.1, -0.05) is 0 Å². The van der Waals surface area contributed by atoms with Crippen LogP contribution in [0.15, 0.2) is 23.2 Å². The van der Waals surface area contributed by atoms with Crippen molar-refractivity contribution in [2.75, 3.05) is 60.0 Å². The fourth-order valence-electron chi connectivity index (χ4n) is 4.34. The Morgan fingerprint density at radius 2 is 1.80 bits per heavy atom.